The Morgan fingerprint density at radius 1 is 0.464 bits per heavy atom. The average Bonchev–Trinajstić information content (AvgIpc) is 1.64. The number of nitrogens with zero attached hydrogens (tertiary/aromatic N) is 4. The molecular formula is C90H121N23O23S2. The van der Waals surface area contributed by atoms with Crippen LogP contribution in [-0.2, 0) is 118 Å². The summed E-state index contributed by atoms with van der Waals surface area (Å²) in [4.78, 5) is 267. The van der Waals surface area contributed by atoms with Crippen LogP contribution in [0.5, 0.6) is 23.0 Å². The number of amides is 16. The summed E-state index contributed by atoms with van der Waals surface area (Å²) in [5, 5.41) is 94.7. The number of benzene rings is 4. The Morgan fingerprint density at radius 3 is 1.36 bits per heavy atom. The number of aromatic nitrogens is 2. The number of nitrogens with one attached hydrogen (secondary N) is 15. The van der Waals surface area contributed by atoms with Gasteiger partial charge in [-0.15, -0.1) is 0 Å². The fourth-order valence-corrected chi connectivity index (χ4v) is 18.8. The van der Waals surface area contributed by atoms with E-state index in [4.69, 9.17) is 33.1 Å². The Kier molecular flexibility index (Phi) is 39.5. The van der Waals surface area contributed by atoms with Gasteiger partial charge >= 0.3 is 5.97 Å². The van der Waals surface area contributed by atoms with Crippen LogP contribution in [0.3, 0.4) is 0 Å². The third-order valence-electron chi connectivity index (χ3n) is 24.0. The quantitative estimate of drug-likeness (QED) is 0.00956. The third-order valence-corrected chi connectivity index (χ3v) is 26.4. The lowest BCUT2D eigenvalue weighted by Crippen LogP contribution is -2.63. The second-order valence-corrected chi connectivity index (χ2v) is 37.0. The molecule has 10 rings (SSSR count). The number of aromatic amines is 1. The van der Waals surface area contributed by atoms with Crippen molar-refractivity contribution in [3.05, 3.63) is 138 Å². The summed E-state index contributed by atoms with van der Waals surface area (Å²) in [5.74, 6) is -20.7. The molecular weight excluding hydrogens is 1840 g/mol. The Morgan fingerprint density at radius 2 is 0.870 bits per heavy atom. The number of aliphatic hydroxyl groups excluding tert-OH is 1. The second-order valence-electron chi connectivity index (χ2n) is 34.5. The lowest BCUT2D eigenvalue weighted by Gasteiger charge is -2.34. The predicted octanol–water partition coefficient (Wildman–Crippen LogP) is -5.13. The number of fused-ring (bicyclic) bond motifs is 8. The summed E-state index contributed by atoms with van der Waals surface area (Å²) in [6, 6.07) is -4.98. The van der Waals surface area contributed by atoms with Crippen LogP contribution in [-0.4, -0.2) is 310 Å². The molecule has 3 unspecified atom stereocenters. The second kappa shape index (κ2) is 51.3. The van der Waals surface area contributed by atoms with Gasteiger partial charge in [0.05, 0.1) is 12.9 Å². The van der Waals surface area contributed by atoms with E-state index in [9.17, 15) is 49.5 Å². The molecule has 48 heteroatoms. The molecule has 5 saturated heterocycles. The highest BCUT2D eigenvalue weighted by atomic mass is 33.1. The van der Waals surface area contributed by atoms with Gasteiger partial charge in [-0.1, -0.05) is 70.1 Å². The largest absolute Gasteiger partial charge is 0.508 e. The van der Waals surface area contributed by atoms with Crippen LogP contribution in [0.4, 0.5) is 0 Å². The first-order valence-electron chi connectivity index (χ1n) is 45.5. The van der Waals surface area contributed by atoms with Crippen LogP contribution in [0.1, 0.15) is 125 Å². The number of hydrogen-bond acceptors (Lipinski definition) is 29. The SMILES string of the molecule is CC(N)C1NC(=O)[C@H]2CCCN2C(=O)[C@H](C)NC(=O)[C@H](CO)NC(=O)[C@@H]2CSSC[C@H](NC(=O)[C@H](Cc3ccc(O)cc3)NC(=O)[C@H](CCCNC(=N)N)NC1=O)C(=O)OC(Cc1ccc(O)cc1)C(=O)N[C@@H](CCC(N)=O)C(=O)N[C@@H](CCCCN)C(=O)N1CCC[C@@H]1C(=O)N1CCC[C@H]1C(=O)N[C@@H](Cc1ccc(O)cc1)C(=O)N[C@@H](Cc1cnc[nH]1)C(=O)N[C@@H](Cc1ccc(O)cc1)C(=O)N2. The molecule has 1 aromatic heterocycles. The van der Waals surface area contributed by atoms with E-state index < -0.39 is 266 Å². The number of cyclic esters (lactones) is 1. The van der Waals surface area contributed by atoms with Crippen molar-refractivity contribution in [1.29, 1.82) is 5.41 Å². The third kappa shape index (κ3) is 30.8. The zero-order valence-corrected chi connectivity index (χ0v) is 77.7. The first-order valence-corrected chi connectivity index (χ1v) is 48.0. The number of nitrogens with two attached hydrogens (primary N) is 4. The summed E-state index contributed by atoms with van der Waals surface area (Å²) in [7, 11) is 1.35. The topological polar surface area (TPSA) is 723 Å². The van der Waals surface area contributed by atoms with E-state index in [1.165, 1.54) is 133 Å². The molecule has 16 amide bonds. The molecule has 2 bridgehead atoms. The molecule has 5 aliphatic rings. The minimum Gasteiger partial charge on any atom is -0.508 e. The van der Waals surface area contributed by atoms with Crippen LogP contribution >= 0.6 is 21.6 Å². The van der Waals surface area contributed by atoms with E-state index in [2.05, 4.69) is 79.1 Å². The number of ether oxygens (including phenoxy) is 1. The van der Waals surface area contributed by atoms with Gasteiger partial charge in [-0.25, -0.2) is 9.78 Å². The van der Waals surface area contributed by atoms with Crippen LogP contribution in [0, 0.1) is 5.41 Å². The smallest absolute Gasteiger partial charge is 0.330 e. The molecule has 4 aromatic carbocycles. The number of esters is 1. The fraction of sp³-hybridized carbons (Fsp3) is 0.500. The van der Waals surface area contributed by atoms with Gasteiger partial charge < -0.3 is 142 Å². The van der Waals surface area contributed by atoms with E-state index in [1.54, 1.807) is 0 Å². The Hall–Kier alpha value is -13.9. The first kappa shape index (κ1) is 106. The number of carbonyl (C=O) groups is 17. The number of aliphatic hydroxyl groups is 1. The van der Waals surface area contributed by atoms with Crippen LogP contribution in [0.2, 0.25) is 0 Å². The molecule has 0 saturated carbocycles. The van der Waals surface area contributed by atoms with Gasteiger partial charge in [-0.3, -0.25) is 82.1 Å². The van der Waals surface area contributed by atoms with E-state index in [-0.39, 0.29) is 149 Å². The predicted molar refractivity (Wildman–Crippen MR) is 499 cm³/mol. The molecule has 746 valence electrons. The maximum Gasteiger partial charge on any atom is 0.330 e. The number of primary amides is 1. The van der Waals surface area contributed by atoms with Crippen molar-refractivity contribution in [2.45, 2.75) is 232 Å². The molecule has 0 spiro atoms. The van der Waals surface area contributed by atoms with Gasteiger partial charge in [0.2, 0.25) is 88.6 Å². The van der Waals surface area contributed by atoms with Crippen molar-refractivity contribution in [3.63, 3.8) is 0 Å². The molecule has 17 atom stereocenters. The molecule has 138 heavy (non-hydrogen) atoms. The minimum atomic E-state index is -2.10. The molecule has 5 aromatic rings. The molecule has 5 fully saturated rings. The number of H-pyrrole nitrogens is 1. The number of unbranched alkanes of at least 4 members (excludes halogenated alkanes) is 1. The summed E-state index contributed by atoms with van der Waals surface area (Å²) in [6.07, 6.45) is -2.08. The summed E-state index contributed by atoms with van der Waals surface area (Å²) in [6.45, 7) is 1.33. The zero-order chi connectivity index (χ0) is 100.0. The van der Waals surface area contributed by atoms with Gasteiger partial charge in [-0.2, -0.15) is 0 Å². The average molecular weight is 1960 g/mol. The van der Waals surface area contributed by atoms with Crippen molar-refractivity contribution in [2.24, 2.45) is 22.9 Å². The number of imidazole rings is 1. The molecule has 6 heterocycles. The van der Waals surface area contributed by atoms with Gasteiger partial charge in [0, 0.05) is 94.1 Å². The van der Waals surface area contributed by atoms with E-state index >= 15 is 57.5 Å². The molecule has 5 aliphatic heterocycles. The summed E-state index contributed by atoms with van der Waals surface area (Å²) < 4.78 is 6.18. The Bertz CT molecular complexity index is 5150. The number of aromatic hydroxyl groups is 4. The van der Waals surface area contributed by atoms with Crippen molar-refractivity contribution >= 4 is 128 Å². The van der Waals surface area contributed by atoms with Crippen molar-refractivity contribution < 1.29 is 112 Å². The van der Waals surface area contributed by atoms with Crippen molar-refractivity contribution in [2.75, 3.05) is 50.8 Å². The maximum absolute atomic E-state index is 15.8. The minimum absolute atomic E-state index is 0.00982. The first-order chi connectivity index (χ1) is 65.9. The van der Waals surface area contributed by atoms with Crippen LogP contribution in [0.25, 0.3) is 0 Å². The van der Waals surface area contributed by atoms with Gasteiger partial charge in [-0.05, 0) is 168 Å². The molecule has 0 aliphatic carbocycles. The number of rotatable bonds is 23. The van der Waals surface area contributed by atoms with Gasteiger partial charge in [0.15, 0.2) is 12.1 Å². The van der Waals surface area contributed by atoms with E-state index in [0.29, 0.717) is 33.6 Å². The van der Waals surface area contributed by atoms with Gasteiger partial charge in [0.1, 0.15) is 114 Å². The molecule has 28 N–H and O–H groups in total. The highest BCUT2D eigenvalue weighted by Crippen LogP contribution is 2.30. The number of phenolic OH excluding ortho intramolecular Hbond substituents is 4. The van der Waals surface area contributed by atoms with Gasteiger partial charge in [0.25, 0.3) is 5.91 Å². The number of hydrogen-bond donors (Lipinski definition) is 24. The Labute approximate surface area is 801 Å². The summed E-state index contributed by atoms with van der Waals surface area (Å²) in [5.41, 5.74) is 25.0. The summed E-state index contributed by atoms with van der Waals surface area (Å²) >= 11 is 0. The lowest BCUT2D eigenvalue weighted by molar-refractivity contribution is -0.158. The number of phenols is 4. The fourth-order valence-electron chi connectivity index (χ4n) is 16.5. The highest BCUT2D eigenvalue weighted by Gasteiger charge is 2.47. The van der Waals surface area contributed by atoms with Crippen LogP contribution in [0.15, 0.2) is 110 Å². The zero-order valence-electron chi connectivity index (χ0n) is 76.1. The van der Waals surface area contributed by atoms with E-state index in [1.807, 2.05) is 0 Å². The number of carbonyl (C=O) groups excluding carboxylic acids is 17. The Balaban J connectivity index is 1.12. The highest BCUT2D eigenvalue weighted by molar-refractivity contribution is 8.76. The lowest BCUT2D eigenvalue weighted by atomic mass is 10.0. The number of guanidine groups is 1. The van der Waals surface area contributed by atoms with E-state index in [0.717, 1.165) is 4.90 Å². The monoisotopic (exact) mass is 1960 g/mol. The normalized spacial score (nSPS) is 26.1. The molecule has 0 radical (unpaired) electrons. The maximum atomic E-state index is 15.8. The van der Waals surface area contributed by atoms with Crippen molar-refractivity contribution in [3.8, 4) is 23.0 Å². The standard InChI is InChI=1S/C90H121N23O23S2/c1-47(92)73-85(131)101-58(10-5-33-97-90(94)95)74(120)103-62(38-50-16-24-55(116)25-17-50)78(124)109-67-45-138-137-44-66(81(127)107-65(43-114)80(126)99-48(2)86(132)111-34-6-12-69(111)83(129)110-73)108-77(123)61(37-49-14-22-54(115)23-15-49)104-79(125)64(41-53-42-96-46-98-53)105-76(122)63(39-51-18-26-56(117)27-19-51)106-82(128)68-11-7-35-112(68)88(134)70-13-8-36-113(70)87(133)60(9-3-4-32-91)102-75(121)59(30-31-72(93)119)100-84(130)71(136-89(67)135)40-52-20-28-57(118)29-21-52/h14-29,42,46-48,58-71,73,114-118H,3-13,30-41,43-45,91-92H2,1-2H3,(H2,93,119)(H,96,98)(H,99,126)(H,100,130)(H,101,131)(H,102,121)(H,103,120)(H,104,125)(H,105,122)(H,106,128)(H,107,127)(H,108,123)(H,109,124)(H,110,129)(H4,94,95,97)/t47?,48-,58-,59-,60-,61-,62-,63-,64-,65-,66-,67-,68-,69+,70+,71?,73?/m0/s1. The van der Waals surface area contributed by atoms with Crippen LogP contribution < -0.4 is 92.1 Å². The molecule has 46 nitrogen and oxygen atoms in total. The van der Waals surface area contributed by atoms with Crippen molar-refractivity contribution in [1.82, 2.24) is 93.8 Å².